The maximum absolute atomic E-state index is 14.2. The number of carbonyl (C=O) groups excluding carboxylic acids is 4. The van der Waals surface area contributed by atoms with Crippen LogP contribution in [0.4, 0.5) is 4.79 Å². The van der Waals surface area contributed by atoms with Gasteiger partial charge in [0.25, 0.3) is 0 Å². The minimum Gasteiger partial charge on any atom is -0.468 e. The van der Waals surface area contributed by atoms with Crippen LogP contribution in [0.5, 0.6) is 0 Å². The molecular weight excluding hydrogens is 474 g/mol. The van der Waals surface area contributed by atoms with E-state index in [0.717, 1.165) is 30.4 Å². The number of aryl methyl sites for hydroxylation is 2. The number of hydrogen-bond donors (Lipinski definition) is 2. The lowest BCUT2D eigenvalue weighted by atomic mass is 9.87. The zero-order valence-electron chi connectivity index (χ0n) is 23.5. The fourth-order valence-corrected chi connectivity index (χ4v) is 4.44. The molecule has 1 saturated carbocycles. The quantitative estimate of drug-likeness (QED) is 0.454. The van der Waals surface area contributed by atoms with E-state index in [1.165, 1.54) is 7.11 Å². The summed E-state index contributed by atoms with van der Waals surface area (Å²) in [6.45, 7) is 12.8. The Bertz CT molecular complexity index is 960. The van der Waals surface area contributed by atoms with Crippen LogP contribution in [0, 0.1) is 19.8 Å². The molecule has 206 valence electrons. The Labute approximate surface area is 220 Å². The standard InChI is InChI=1S/C28H43N3O6/c1-17(2)12-22(30-27(35)37-28(5,6)7)26(34)31(21-10-9-11-21)24(25(33)29-16-23(32)36-8)20-14-18(3)13-19(4)15-20/h13-15,17,21-22,24H,9-12,16H2,1-8H3,(H,29,33)(H,30,35). The number of nitrogens with one attached hydrogen (secondary N) is 2. The number of hydrogen-bond acceptors (Lipinski definition) is 6. The highest BCUT2D eigenvalue weighted by atomic mass is 16.6. The third-order valence-corrected chi connectivity index (χ3v) is 6.14. The van der Waals surface area contributed by atoms with E-state index in [4.69, 9.17) is 4.74 Å². The Hall–Kier alpha value is -3.10. The van der Waals surface area contributed by atoms with Gasteiger partial charge in [-0.1, -0.05) is 43.2 Å². The monoisotopic (exact) mass is 517 g/mol. The van der Waals surface area contributed by atoms with Gasteiger partial charge in [-0.3, -0.25) is 14.4 Å². The number of ether oxygens (including phenoxy) is 2. The van der Waals surface area contributed by atoms with Crippen molar-refractivity contribution in [3.63, 3.8) is 0 Å². The van der Waals surface area contributed by atoms with Crippen molar-refractivity contribution in [2.75, 3.05) is 13.7 Å². The van der Waals surface area contributed by atoms with Crippen molar-refractivity contribution in [1.29, 1.82) is 0 Å². The number of carbonyl (C=O) groups is 4. The summed E-state index contributed by atoms with van der Waals surface area (Å²) in [5.74, 6) is -1.31. The van der Waals surface area contributed by atoms with Crippen LogP contribution < -0.4 is 10.6 Å². The van der Waals surface area contributed by atoms with Gasteiger partial charge in [-0.05, 0) is 71.8 Å². The predicted octanol–water partition coefficient (Wildman–Crippen LogP) is 3.95. The summed E-state index contributed by atoms with van der Waals surface area (Å²) >= 11 is 0. The first-order valence-corrected chi connectivity index (χ1v) is 13.0. The number of rotatable bonds is 10. The minimum absolute atomic E-state index is 0.0972. The Morgan fingerprint density at radius 2 is 1.65 bits per heavy atom. The van der Waals surface area contributed by atoms with Gasteiger partial charge in [0.15, 0.2) is 0 Å². The highest BCUT2D eigenvalue weighted by molar-refractivity contribution is 5.93. The molecule has 9 nitrogen and oxygen atoms in total. The molecule has 37 heavy (non-hydrogen) atoms. The van der Waals surface area contributed by atoms with E-state index in [2.05, 4.69) is 15.4 Å². The molecular formula is C28H43N3O6. The minimum atomic E-state index is -0.976. The number of nitrogens with zero attached hydrogens (tertiary/aromatic N) is 1. The number of methoxy groups -OCH3 is 1. The topological polar surface area (TPSA) is 114 Å². The Kier molecular flexibility index (Phi) is 10.5. The van der Waals surface area contributed by atoms with Gasteiger partial charge in [0, 0.05) is 6.04 Å². The zero-order valence-corrected chi connectivity index (χ0v) is 23.5. The van der Waals surface area contributed by atoms with Crippen molar-refractivity contribution in [3.05, 3.63) is 34.9 Å². The van der Waals surface area contributed by atoms with Crippen molar-refractivity contribution in [2.45, 2.75) is 97.9 Å². The number of benzene rings is 1. The van der Waals surface area contributed by atoms with Gasteiger partial charge in [0.1, 0.15) is 24.2 Å². The third kappa shape index (κ3) is 9.05. The first kappa shape index (κ1) is 30.1. The van der Waals surface area contributed by atoms with Gasteiger partial charge >= 0.3 is 12.1 Å². The van der Waals surface area contributed by atoms with Gasteiger partial charge < -0.3 is 25.0 Å². The van der Waals surface area contributed by atoms with Crippen molar-refractivity contribution in [2.24, 2.45) is 5.92 Å². The maximum atomic E-state index is 14.2. The van der Waals surface area contributed by atoms with Gasteiger partial charge in [-0.25, -0.2) is 4.79 Å². The summed E-state index contributed by atoms with van der Waals surface area (Å²) in [6.07, 6.45) is 2.13. The van der Waals surface area contributed by atoms with E-state index in [9.17, 15) is 19.2 Å². The van der Waals surface area contributed by atoms with E-state index in [-0.39, 0.29) is 24.4 Å². The Morgan fingerprint density at radius 3 is 2.11 bits per heavy atom. The fourth-order valence-electron chi connectivity index (χ4n) is 4.44. The van der Waals surface area contributed by atoms with Crippen molar-refractivity contribution in [3.8, 4) is 0 Å². The van der Waals surface area contributed by atoms with E-state index in [0.29, 0.717) is 12.0 Å². The molecule has 0 aliphatic heterocycles. The van der Waals surface area contributed by atoms with Crippen LogP contribution in [0.25, 0.3) is 0 Å². The molecule has 1 aliphatic carbocycles. The lowest BCUT2D eigenvalue weighted by Crippen LogP contribution is -2.58. The lowest BCUT2D eigenvalue weighted by Gasteiger charge is -2.44. The van der Waals surface area contributed by atoms with E-state index < -0.39 is 35.7 Å². The zero-order chi connectivity index (χ0) is 27.9. The molecule has 1 aliphatic rings. The highest BCUT2D eigenvalue weighted by Crippen LogP contribution is 2.35. The van der Waals surface area contributed by atoms with E-state index >= 15 is 0 Å². The van der Waals surface area contributed by atoms with Crippen LogP contribution in [-0.4, -0.2) is 60.1 Å². The molecule has 9 heteroatoms. The average molecular weight is 518 g/mol. The molecule has 0 saturated heterocycles. The first-order valence-electron chi connectivity index (χ1n) is 13.0. The van der Waals surface area contributed by atoms with E-state index in [1.54, 1.807) is 25.7 Å². The van der Waals surface area contributed by atoms with Crippen LogP contribution in [0.2, 0.25) is 0 Å². The molecule has 2 rings (SSSR count). The second-order valence-corrected chi connectivity index (χ2v) is 11.3. The maximum Gasteiger partial charge on any atom is 0.408 e. The van der Waals surface area contributed by atoms with Crippen LogP contribution in [0.15, 0.2) is 18.2 Å². The van der Waals surface area contributed by atoms with Crippen LogP contribution in [0.1, 0.15) is 83.0 Å². The smallest absolute Gasteiger partial charge is 0.408 e. The van der Waals surface area contributed by atoms with Gasteiger partial charge in [0.05, 0.1) is 7.11 Å². The number of esters is 1. The number of alkyl carbamates (subject to hydrolysis) is 1. The molecule has 2 N–H and O–H groups in total. The average Bonchev–Trinajstić information content (AvgIpc) is 2.72. The molecule has 0 aromatic heterocycles. The second-order valence-electron chi connectivity index (χ2n) is 11.3. The lowest BCUT2D eigenvalue weighted by molar-refractivity contribution is -0.148. The molecule has 1 aromatic carbocycles. The molecule has 1 fully saturated rings. The van der Waals surface area contributed by atoms with Crippen molar-refractivity contribution >= 4 is 23.9 Å². The molecule has 2 unspecified atom stereocenters. The molecule has 0 heterocycles. The van der Waals surface area contributed by atoms with Crippen LogP contribution in [-0.2, 0) is 23.9 Å². The molecule has 0 bridgehead atoms. The van der Waals surface area contributed by atoms with Crippen molar-refractivity contribution in [1.82, 2.24) is 15.5 Å². The molecule has 0 spiro atoms. The fraction of sp³-hybridized carbons (Fsp3) is 0.643. The Morgan fingerprint density at radius 1 is 1.05 bits per heavy atom. The summed E-state index contributed by atoms with van der Waals surface area (Å²) < 4.78 is 10.1. The largest absolute Gasteiger partial charge is 0.468 e. The van der Waals surface area contributed by atoms with Gasteiger partial charge in [0.2, 0.25) is 11.8 Å². The second kappa shape index (κ2) is 12.9. The molecule has 2 atom stereocenters. The summed E-state index contributed by atoms with van der Waals surface area (Å²) in [6, 6.07) is 3.74. The normalized spacial score (nSPS) is 15.3. The highest BCUT2D eigenvalue weighted by Gasteiger charge is 2.42. The van der Waals surface area contributed by atoms with Crippen LogP contribution >= 0.6 is 0 Å². The molecule has 3 amide bonds. The SMILES string of the molecule is COC(=O)CNC(=O)C(c1cc(C)cc(C)c1)N(C(=O)C(CC(C)C)NC(=O)OC(C)(C)C)C1CCC1. The van der Waals surface area contributed by atoms with Gasteiger partial charge in [-0.2, -0.15) is 0 Å². The summed E-state index contributed by atoms with van der Waals surface area (Å²) in [7, 11) is 1.25. The molecule has 0 radical (unpaired) electrons. The van der Waals surface area contributed by atoms with Crippen LogP contribution in [0.3, 0.4) is 0 Å². The third-order valence-electron chi connectivity index (χ3n) is 6.14. The first-order chi connectivity index (χ1) is 17.2. The van der Waals surface area contributed by atoms with E-state index in [1.807, 2.05) is 45.9 Å². The predicted molar refractivity (Wildman–Crippen MR) is 141 cm³/mol. The summed E-state index contributed by atoms with van der Waals surface area (Å²) in [4.78, 5) is 53.8. The number of amides is 3. The van der Waals surface area contributed by atoms with Gasteiger partial charge in [-0.15, -0.1) is 0 Å². The summed E-state index contributed by atoms with van der Waals surface area (Å²) in [5.41, 5.74) is 1.83. The summed E-state index contributed by atoms with van der Waals surface area (Å²) in [5, 5.41) is 5.40. The Balaban J connectivity index is 2.52. The van der Waals surface area contributed by atoms with Crippen molar-refractivity contribution < 1.29 is 28.7 Å². The molecule has 1 aromatic rings.